The van der Waals surface area contributed by atoms with Gasteiger partial charge in [0.1, 0.15) is 15.9 Å². The normalized spacial score (nSPS) is 17.8. The molecule has 1 heterocycles. The second-order valence-corrected chi connectivity index (χ2v) is 7.36. The largest absolute Gasteiger partial charge is 0.329 e. The lowest BCUT2D eigenvalue weighted by Crippen LogP contribution is -2.51. The van der Waals surface area contributed by atoms with Gasteiger partial charge in [-0.1, -0.05) is 18.9 Å². The Morgan fingerprint density at radius 2 is 2.00 bits per heavy atom. The third-order valence-electron chi connectivity index (χ3n) is 3.84. The number of nitrogens with zero attached hydrogens (tertiary/aromatic N) is 2. The monoisotopic (exact) mass is 348 g/mol. The fourth-order valence-electron chi connectivity index (χ4n) is 2.74. The molecular formula is C12H17ClN4O2S2. The summed E-state index contributed by atoms with van der Waals surface area (Å²) in [6.07, 6.45) is 3.58. The zero-order valence-corrected chi connectivity index (χ0v) is 13.7. The standard InChI is InChI=1S/C12H16N4O2S2.ClH/c13-8-12(6-1-2-7-12)16-20(17,18)10-5-3-4-9-11(10)15-19-14-9;/h3-5,16H,1-2,6-8,13H2;1H. The molecule has 3 rings (SSSR count). The molecule has 3 N–H and O–H groups in total. The van der Waals surface area contributed by atoms with Gasteiger partial charge in [-0.25, -0.2) is 13.1 Å². The van der Waals surface area contributed by atoms with Crippen LogP contribution < -0.4 is 10.5 Å². The minimum Gasteiger partial charge on any atom is -0.329 e. The highest BCUT2D eigenvalue weighted by Gasteiger charge is 2.37. The van der Waals surface area contributed by atoms with E-state index in [-0.39, 0.29) is 17.3 Å². The summed E-state index contributed by atoms with van der Waals surface area (Å²) in [5.41, 5.74) is 6.31. The van der Waals surface area contributed by atoms with Gasteiger partial charge in [-0.2, -0.15) is 8.75 Å². The first-order valence-electron chi connectivity index (χ1n) is 6.52. The number of aromatic nitrogens is 2. The van der Waals surface area contributed by atoms with E-state index in [2.05, 4.69) is 13.5 Å². The Labute approximate surface area is 133 Å². The number of halogens is 1. The third kappa shape index (κ3) is 3.04. The predicted molar refractivity (Wildman–Crippen MR) is 85.2 cm³/mol. The summed E-state index contributed by atoms with van der Waals surface area (Å²) in [5, 5.41) is 0. The quantitative estimate of drug-likeness (QED) is 0.875. The predicted octanol–water partition coefficient (Wildman–Crippen LogP) is 1.66. The Kier molecular flexibility index (Phi) is 4.84. The second-order valence-electron chi connectivity index (χ2n) is 5.19. The van der Waals surface area contributed by atoms with E-state index in [1.54, 1.807) is 18.2 Å². The van der Waals surface area contributed by atoms with Crippen LogP contribution in [0.3, 0.4) is 0 Å². The first kappa shape index (κ1) is 16.6. The van der Waals surface area contributed by atoms with Crippen molar-refractivity contribution in [2.45, 2.75) is 36.1 Å². The minimum absolute atomic E-state index is 0. The van der Waals surface area contributed by atoms with E-state index in [4.69, 9.17) is 5.73 Å². The number of hydrogen-bond donors (Lipinski definition) is 2. The number of sulfonamides is 1. The van der Waals surface area contributed by atoms with Crippen LogP contribution in [0, 0.1) is 0 Å². The molecule has 9 heteroatoms. The van der Waals surface area contributed by atoms with E-state index >= 15 is 0 Å². The lowest BCUT2D eigenvalue weighted by molar-refractivity contribution is 0.399. The zero-order valence-electron chi connectivity index (χ0n) is 11.3. The van der Waals surface area contributed by atoms with Gasteiger partial charge in [0.2, 0.25) is 10.0 Å². The van der Waals surface area contributed by atoms with Crippen molar-refractivity contribution in [2.75, 3.05) is 6.54 Å². The Morgan fingerprint density at radius 1 is 1.29 bits per heavy atom. The van der Waals surface area contributed by atoms with Crippen LogP contribution in [0.2, 0.25) is 0 Å². The van der Waals surface area contributed by atoms with Gasteiger partial charge in [0.15, 0.2) is 0 Å². The molecule has 0 atom stereocenters. The maximum absolute atomic E-state index is 12.6. The van der Waals surface area contributed by atoms with Crippen molar-refractivity contribution in [3.8, 4) is 0 Å². The smallest absolute Gasteiger partial charge is 0.243 e. The summed E-state index contributed by atoms with van der Waals surface area (Å²) < 4.78 is 36.2. The third-order valence-corrected chi connectivity index (χ3v) is 5.99. The fourth-order valence-corrected chi connectivity index (χ4v) is 4.98. The highest BCUT2D eigenvalue weighted by atomic mass is 35.5. The van der Waals surface area contributed by atoms with Crippen molar-refractivity contribution < 1.29 is 8.42 Å². The van der Waals surface area contributed by atoms with Crippen molar-refractivity contribution in [3.05, 3.63) is 18.2 Å². The van der Waals surface area contributed by atoms with Crippen LogP contribution in [-0.4, -0.2) is 29.2 Å². The van der Waals surface area contributed by atoms with E-state index < -0.39 is 15.6 Å². The number of hydrogen-bond acceptors (Lipinski definition) is 6. The molecule has 1 aromatic carbocycles. The van der Waals surface area contributed by atoms with Gasteiger partial charge >= 0.3 is 0 Å². The molecule has 0 amide bonds. The van der Waals surface area contributed by atoms with Crippen LogP contribution >= 0.6 is 24.1 Å². The van der Waals surface area contributed by atoms with Crippen LogP contribution in [0.4, 0.5) is 0 Å². The highest BCUT2D eigenvalue weighted by molar-refractivity contribution is 7.89. The Morgan fingerprint density at radius 3 is 2.67 bits per heavy atom. The molecule has 1 fully saturated rings. The van der Waals surface area contributed by atoms with Gasteiger partial charge < -0.3 is 5.73 Å². The van der Waals surface area contributed by atoms with Gasteiger partial charge in [0, 0.05) is 12.1 Å². The SMILES string of the molecule is Cl.NCC1(NS(=O)(=O)c2cccc3nsnc23)CCCC1. The van der Waals surface area contributed by atoms with E-state index in [0.29, 0.717) is 17.6 Å². The molecular weight excluding hydrogens is 332 g/mol. The van der Waals surface area contributed by atoms with Crippen LogP contribution in [-0.2, 0) is 10.0 Å². The summed E-state index contributed by atoms with van der Waals surface area (Å²) in [6.45, 7) is 0.317. The van der Waals surface area contributed by atoms with Crippen LogP contribution in [0.1, 0.15) is 25.7 Å². The molecule has 0 saturated heterocycles. The molecule has 0 aliphatic heterocycles. The maximum Gasteiger partial charge on any atom is 0.243 e. The van der Waals surface area contributed by atoms with E-state index in [1.807, 2.05) is 0 Å². The number of nitrogens with two attached hydrogens (primary N) is 1. The van der Waals surface area contributed by atoms with Gasteiger partial charge in [-0.05, 0) is 25.0 Å². The Bertz CT molecular complexity index is 726. The molecule has 21 heavy (non-hydrogen) atoms. The van der Waals surface area contributed by atoms with Crippen molar-refractivity contribution in [1.29, 1.82) is 0 Å². The first-order valence-corrected chi connectivity index (χ1v) is 8.73. The van der Waals surface area contributed by atoms with E-state index in [0.717, 1.165) is 37.4 Å². The lowest BCUT2D eigenvalue weighted by atomic mass is 10.0. The topological polar surface area (TPSA) is 98.0 Å². The van der Waals surface area contributed by atoms with Crippen LogP contribution in [0.15, 0.2) is 23.1 Å². The first-order chi connectivity index (χ1) is 9.56. The summed E-state index contributed by atoms with van der Waals surface area (Å²) >= 11 is 1.01. The second kappa shape index (κ2) is 6.13. The van der Waals surface area contributed by atoms with E-state index in [9.17, 15) is 8.42 Å². The molecule has 0 unspecified atom stereocenters. The van der Waals surface area contributed by atoms with Crippen molar-refractivity contribution >= 4 is 45.2 Å². The average molecular weight is 349 g/mol. The summed E-state index contributed by atoms with van der Waals surface area (Å²) in [6, 6.07) is 5.00. The molecule has 116 valence electrons. The van der Waals surface area contributed by atoms with Crippen LogP contribution in [0.5, 0.6) is 0 Å². The Hall–Kier alpha value is -0.800. The Balaban J connectivity index is 0.00000161. The molecule has 1 aromatic heterocycles. The molecule has 0 bridgehead atoms. The molecule has 1 aliphatic rings. The fraction of sp³-hybridized carbons (Fsp3) is 0.500. The summed E-state index contributed by atoms with van der Waals surface area (Å²) in [7, 11) is -3.64. The van der Waals surface area contributed by atoms with Gasteiger partial charge in [0.25, 0.3) is 0 Å². The van der Waals surface area contributed by atoms with Gasteiger partial charge in [-0.3, -0.25) is 0 Å². The number of nitrogens with one attached hydrogen (secondary N) is 1. The maximum atomic E-state index is 12.6. The van der Waals surface area contributed by atoms with Crippen molar-refractivity contribution in [3.63, 3.8) is 0 Å². The van der Waals surface area contributed by atoms with E-state index in [1.165, 1.54) is 0 Å². The van der Waals surface area contributed by atoms with Crippen molar-refractivity contribution in [1.82, 2.24) is 13.5 Å². The zero-order chi connectivity index (χ0) is 14.2. The van der Waals surface area contributed by atoms with Crippen molar-refractivity contribution in [2.24, 2.45) is 5.73 Å². The van der Waals surface area contributed by atoms with Gasteiger partial charge in [0.05, 0.1) is 11.7 Å². The van der Waals surface area contributed by atoms with Crippen LogP contribution in [0.25, 0.3) is 11.0 Å². The molecule has 1 saturated carbocycles. The lowest BCUT2D eigenvalue weighted by Gasteiger charge is -2.28. The summed E-state index contributed by atoms with van der Waals surface area (Å²) in [4.78, 5) is 0.184. The molecule has 6 nitrogen and oxygen atoms in total. The molecule has 2 aromatic rings. The number of fused-ring (bicyclic) bond motifs is 1. The van der Waals surface area contributed by atoms with Gasteiger partial charge in [-0.15, -0.1) is 12.4 Å². The average Bonchev–Trinajstić information content (AvgIpc) is 3.06. The molecule has 0 radical (unpaired) electrons. The number of rotatable bonds is 4. The number of benzene rings is 1. The molecule has 1 aliphatic carbocycles. The molecule has 0 spiro atoms. The minimum atomic E-state index is -3.64. The highest BCUT2D eigenvalue weighted by Crippen LogP contribution is 2.31. The summed E-state index contributed by atoms with van der Waals surface area (Å²) in [5.74, 6) is 0.